The normalized spacial score (nSPS) is 18.5. The van der Waals surface area contributed by atoms with Gasteiger partial charge in [-0.2, -0.15) is 0 Å². The van der Waals surface area contributed by atoms with Crippen molar-refractivity contribution in [2.24, 2.45) is 0 Å². The fourth-order valence-corrected chi connectivity index (χ4v) is 3.91. The van der Waals surface area contributed by atoms with Crippen molar-refractivity contribution < 1.29 is 4.79 Å². The number of fused-ring (bicyclic) bond motifs is 1. The molecular weight excluding hydrogens is 308 g/mol. The molecular formula is C17H18N4OS. The third kappa shape index (κ3) is 2.74. The molecule has 0 unspecified atom stereocenters. The minimum Gasteiger partial charge on any atom is -0.342 e. The van der Waals surface area contributed by atoms with Crippen LogP contribution in [0.4, 0.5) is 0 Å². The summed E-state index contributed by atoms with van der Waals surface area (Å²) < 4.78 is 0. The lowest BCUT2D eigenvalue weighted by molar-refractivity contribution is 0.0709. The Hall–Kier alpha value is -2.21. The van der Waals surface area contributed by atoms with E-state index in [0.717, 1.165) is 52.7 Å². The first-order valence-corrected chi connectivity index (χ1v) is 8.69. The molecule has 6 heteroatoms. The molecule has 1 fully saturated rings. The van der Waals surface area contributed by atoms with Gasteiger partial charge < -0.3 is 9.88 Å². The lowest BCUT2D eigenvalue weighted by Gasteiger charge is -2.31. The van der Waals surface area contributed by atoms with E-state index in [2.05, 4.69) is 9.97 Å². The van der Waals surface area contributed by atoms with E-state index in [1.54, 1.807) is 6.20 Å². The van der Waals surface area contributed by atoms with Crippen molar-refractivity contribution in [2.75, 3.05) is 13.1 Å². The average molecular weight is 326 g/mol. The maximum atomic E-state index is 12.6. The zero-order valence-corrected chi connectivity index (χ0v) is 13.8. The van der Waals surface area contributed by atoms with Gasteiger partial charge in [-0.15, -0.1) is 11.3 Å². The number of aromatic nitrogens is 3. The number of carbonyl (C=O) groups is 1. The fraction of sp³-hybridized carbons (Fsp3) is 0.353. The highest BCUT2D eigenvalue weighted by molar-refractivity contribution is 7.13. The summed E-state index contributed by atoms with van der Waals surface area (Å²) >= 11 is 1.46. The van der Waals surface area contributed by atoms with E-state index < -0.39 is 0 Å². The number of benzene rings is 1. The van der Waals surface area contributed by atoms with Crippen molar-refractivity contribution in [3.05, 3.63) is 46.2 Å². The number of likely N-dealkylation sites (tertiary alicyclic amines) is 1. The number of carbonyl (C=O) groups excluding carboxylic acids is 1. The van der Waals surface area contributed by atoms with Gasteiger partial charge in [-0.25, -0.2) is 9.97 Å². The topological polar surface area (TPSA) is 61.9 Å². The Balaban J connectivity index is 1.55. The van der Waals surface area contributed by atoms with Crippen LogP contribution in [0.1, 0.15) is 39.3 Å². The van der Waals surface area contributed by atoms with Gasteiger partial charge >= 0.3 is 0 Å². The second-order valence-electron chi connectivity index (χ2n) is 5.97. The minimum absolute atomic E-state index is 0.0939. The number of H-pyrrole nitrogens is 1. The number of hydrogen-bond acceptors (Lipinski definition) is 4. The molecule has 1 N–H and O–H groups in total. The third-order valence-electron chi connectivity index (χ3n) is 4.34. The van der Waals surface area contributed by atoms with Gasteiger partial charge in [-0.3, -0.25) is 4.79 Å². The molecule has 23 heavy (non-hydrogen) atoms. The van der Waals surface area contributed by atoms with Crippen LogP contribution in [-0.4, -0.2) is 38.8 Å². The fourth-order valence-electron chi connectivity index (χ4n) is 3.17. The molecule has 4 rings (SSSR count). The predicted molar refractivity (Wildman–Crippen MR) is 90.8 cm³/mol. The zero-order valence-electron chi connectivity index (χ0n) is 13.0. The van der Waals surface area contributed by atoms with Crippen molar-refractivity contribution >= 4 is 28.3 Å². The third-order valence-corrected chi connectivity index (χ3v) is 5.24. The number of nitrogens with zero attached hydrogens (tertiary/aromatic N) is 3. The van der Waals surface area contributed by atoms with Gasteiger partial charge in [0.15, 0.2) is 0 Å². The summed E-state index contributed by atoms with van der Waals surface area (Å²) in [6.07, 6.45) is 3.75. The molecule has 0 saturated carbocycles. The van der Waals surface area contributed by atoms with Crippen molar-refractivity contribution in [3.8, 4) is 0 Å². The first kappa shape index (κ1) is 14.4. The van der Waals surface area contributed by atoms with E-state index in [1.165, 1.54) is 11.3 Å². The maximum absolute atomic E-state index is 12.6. The van der Waals surface area contributed by atoms with Crippen molar-refractivity contribution in [1.29, 1.82) is 0 Å². The molecule has 3 aromatic rings. The number of aromatic amines is 1. The number of aryl methyl sites for hydroxylation is 1. The van der Waals surface area contributed by atoms with E-state index in [4.69, 9.17) is 4.98 Å². The number of hydrogen-bond donors (Lipinski definition) is 1. The molecule has 118 valence electrons. The molecule has 1 saturated heterocycles. The largest absolute Gasteiger partial charge is 0.342 e. The molecule has 3 heterocycles. The zero-order chi connectivity index (χ0) is 15.8. The predicted octanol–water partition coefficient (Wildman–Crippen LogP) is 3.35. The first-order valence-electron chi connectivity index (χ1n) is 7.87. The number of para-hydroxylation sites is 2. The van der Waals surface area contributed by atoms with Crippen molar-refractivity contribution in [2.45, 2.75) is 25.7 Å². The van der Waals surface area contributed by atoms with Crippen molar-refractivity contribution in [1.82, 2.24) is 19.9 Å². The summed E-state index contributed by atoms with van der Waals surface area (Å²) in [4.78, 5) is 27.6. The standard InChI is InChI=1S/C17H18N4OS/c1-11-18-9-15(23-11)17(22)21-8-4-5-12(10-21)16-19-13-6-2-3-7-14(13)20-16/h2-3,6-7,9,12H,4-5,8,10H2,1H3,(H,19,20)/t12-/m1/s1. The SMILES string of the molecule is Cc1ncc(C(=O)N2CCC[C@@H](c3nc4ccccc4[nH]3)C2)s1. The molecule has 1 amide bonds. The van der Waals surface area contributed by atoms with Crippen molar-refractivity contribution in [3.63, 3.8) is 0 Å². The molecule has 0 spiro atoms. The number of nitrogens with one attached hydrogen (secondary N) is 1. The van der Waals surface area contributed by atoms with Crippen LogP contribution in [0.2, 0.25) is 0 Å². The second-order valence-corrected chi connectivity index (χ2v) is 7.21. The Labute approximate surface area is 138 Å². The summed E-state index contributed by atoms with van der Waals surface area (Å²) in [5, 5.41) is 0.930. The summed E-state index contributed by atoms with van der Waals surface area (Å²) in [7, 11) is 0. The molecule has 5 nitrogen and oxygen atoms in total. The number of piperidine rings is 1. The smallest absolute Gasteiger partial charge is 0.265 e. The molecule has 0 aliphatic carbocycles. The van der Waals surface area contributed by atoms with Gasteiger partial charge in [-0.05, 0) is 31.9 Å². The highest BCUT2D eigenvalue weighted by Crippen LogP contribution is 2.28. The lowest BCUT2D eigenvalue weighted by Crippen LogP contribution is -2.39. The number of amides is 1. The molecule has 0 bridgehead atoms. The van der Waals surface area contributed by atoms with Gasteiger partial charge in [-0.1, -0.05) is 12.1 Å². The minimum atomic E-state index is 0.0939. The quantitative estimate of drug-likeness (QED) is 0.785. The number of rotatable bonds is 2. The van der Waals surface area contributed by atoms with Crippen LogP contribution in [0.15, 0.2) is 30.5 Å². The summed E-state index contributed by atoms with van der Waals surface area (Å²) in [5.74, 6) is 1.36. The van der Waals surface area contributed by atoms with Gasteiger partial charge in [0, 0.05) is 19.0 Å². The molecule has 1 atom stereocenters. The Morgan fingerprint density at radius 1 is 1.39 bits per heavy atom. The van der Waals surface area contributed by atoms with Crippen LogP contribution >= 0.6 is 11.3 Å². The number of thiazole rings is 1. The highest BCUT2D eigenvalue weighted by atomic mass is 32.1. The Morgan fingerprint density at radius 3 is 3.04 bits per heavy atom. The maximum Gasteiger partial charge on any atom is 0.265 e. The van der Waals surface area contributed by atoms with Gasteiger partial charge in [0.25, 0.3) is 5.91 Å². The Kier molecular flexibility index (Phi) is 3.61. The molecule has 2 aromatic heterocycles. The Morgan fingerprint density at radius 2 is 2.26 bits per heavy atom. The van der Waals surface area contributed by atoms with E-state index >= 15 is 0 Å². The molecule has 1 aromatic carbocycles. The van der Waals surface area contributed by atoms with E-state index in [-0.39, 0.29) is 11.8 Å². The average Bonchev–Trinajstić information content (AvgIpc) is 3.20. The highest BCUT2D eigenvalue weighted by Gasteiger charge is 2.28. The van der Waals surface area contributed by atoms with Crippen LogP contribution in [0.3, 0.4) is 0 Å². The van der Waals surface area contributed by atoms with E-state index in [0.29, 0.717) is 0 Å². The second kappa shape index (κ2) is 5.77. The van der Waals surface area contributed by atoms with Crippen LogP contribution in [0.5, 0.6) is 0 Å². The summed E-state index contributed by atoms with van der Waals surface area (Å²) in [6, 6.07) is 8.06. The Bertz CT molecular complexity index is 820. The van der Waals surface area contributed by atoms with Crippen LogP contribution < -0.4 is 0 Å². The molecule has 1 aliphatic rings. The lowest BCUT2D eigenvalue weighted by atomic mass is 9.97. The van der Waals surface area contributed by atoms with Gasteiger partial charge in [0.05, 0.1) is 22.2 Å². The van der Waals surface area contributed by atoms with Gasteiger partial charge in [0.1, 0.15) is 10.7 Å². The first-order chi connectivity index (χ1) is 11.2. The van der Waals surface area contributed by atoms with Gasteiger partial charge in [0.2, 0.25) is 0 Å². The summed E-state index contributed by atoms with van der Waals surface area (Å²) in [5.41, 5.74) is 2.05. The number of imidazole rings is 1. The van der Waals surface area contributed by atoms with E-state index in [1.807, 2.05) is 36.1 Å². The van der Waals surface area contributed by atoms with E-state index in [9.17, 15) is 4.79 Å². The molecule has 0 radical (unpaired) electrons. The van der Waals surface area contributed by atoms with Crippen LogP contribution in [0, 0.1) is 6.92 Å². The summed E-state index contributed by atoms with van der Waals surface area (Å²) in [6.45, 7) is 3.46. The monoisotopic (exact) mass is 326 g/mol. The van der Waals surface area contributed by atoms with Crippen LogP contribution in [-0.2, 0) is 0 Å². The van der Waals surface area contributed by atoms with Crippen LogP contribution in [0.25, 0.3) is 11.0 Å². The molecule has 1 aliphatic heterocycles.